The summed E-state index contributed by atoms with van der Waals surface area (Å²) >= 11 is 7.88. The first-order valence-electron chi connectivity index (χ1n) is 8.54. The van der Waals surface area contributed by atoms with Crippen molar-refractivity contribution >= 4 is 44.2 Å². The number of rotatable bonds is 2. The first-order chi connectivity index (χ1) is 12.4. The van der Waals surface area contributed by atoms with Crippen molar-refractivity contribution in [2.45, 2.75) is 13.8 Å². The van der Waals surface area contributed by atoms with E-state index in [1.165, 1.54) is 0 Å². The zero-order valence-electron chi connectivity index (χ0n) is 15.0. The molecule has 0 atom stereocenters. The van der Waals surface area contributed by atoms with Gasteiger partial charge in [0, 0.05) is 50.0 Å². The number of piperazine rings is 1. The molecule has 6 nitrogen and oxygen atoms in total. The summed E-state index contributed by atoms with van der Waals surface area (Å²) in [5.41, 5.74) is 3.45. The molecule has 136 valence electrons. The van der Waals surface area contributed by atoms with Crippen LogP contribution in [0.15, 0.2) is 18.3 Å². The van der Waals surface area contributed by atoms with E-state index in [2.05, 4.69) is 10.00 Å². The average Bonchev–Trinajstić information content (AvgIpc) is 3.21. The summed E-state index contributed by atoms with van der Waals surface area (Å²) in [6.07, 6.45) is 1.87. The minimum absolute atomic E-state index is 0.00896. The number of fused-ring (bicyclic) bond motifs is 1. The average molecular weight is 390 g/mol. The number of benzene rings is 1. The number of aryl methyl sites for hydroxylation is 3. The Labute approximate surface area is 161 Å². The number of hydrogen-bond acceptors (Lipinski definition) is 5. The van der Waals surface area contributed by atoms with Crippen LogP contribution in [0, 0.1) is 13.8 Å². The Morgan fingerprint density at radius 3 is 2.58 bits per heavy atom. The molecule has 0 unspecified atom stereocenters. The van der Waals surface area contributed by atoms with Gasteiger partial charge in [0.25, 0.3) is 5.91 Å². The van der Waals surface area contributed by atoms with Gasteiger partial charge >= 0.3 is 0 Å². The maximum atomic E-state index is 12.7. The van der Waals surface area contributed by atoms with Crippen LogP contribution in [0.25, 0.3) is 10.2 Å². The number of carbonyl (C=O) groups is 1. The lowest BCUT2D eigenvalue weighted by Crippen LogP contribution is -2.49. The topological polar surface area (TPSA) is 54.3 Å². The molecule has 0 N–H and O–H groups in total. The highest BCUT2D eigenvalue weighted by Gasteiger charge is 2.26. The molecule has 0 aliphatic carbocycles. The van der Waals surface area contributed by atoms with Gasteiger partial charge in [0.05, 0.1) is 10.2 Å². The Balaban J connectivity index is 1.49. The van der Waals surface area contributed by atoms with Crippen LogP contribution in [0.1, 0.15) is 21.6 Å². The van der Waals surface area contributed by atoms with Gasteiger partial charge in [0.15, 0.2) is 10.8 Å². The van der Waals surface area contributed by atoms with Crippen molar-refractivity contribution in [1.82, 2.24) is 19.7 Å². The van der Waals surface area contributed by atoms with Crippen molar-refractivity contribution in [3.63, 3.8) is 0 Å². The summed E-state index contributed by atoms with van der Waals surface area (Å²) in [7, 11) is 1.84. The van der Waals surface area contributed by atoms with Gasteiger partial charge in [-0.2, -0.15) is 5.10 Å². The van der Waals surface area contributed by atoms with Crippen LogP contribution in [0.4, 0.5) is 5.13 Å². The third-order valence-electron chi connectivity index (χ3n) is 4.79. The van der Waals surface area contributed by atoms with Crippen LogP contribution < -0.4 is 4.90 Å². The first kappa shape index (κ1) is 17.3. The molecule has 3 aromatic rings. The first-order valence-corrected chi connectivity index (χ1v) is 9.73. The normalized spacial score (nSPS) is 15.1. The van der Waals surface area contributed by atoms with Crippen LogP contribution >= 0.6 is 22.9 Å². The molecule has 0 bridgehead atoms. The Kier molecular flexibility index (Phi) is 4.36. The molecule has 1 aliphatic heterocycles. The van der Waals surface area contributed by atoms with Gasteiger partial charge in [-0.25, -0.2) is 4.98 Å². The molecular formula is C18H20ClN5OS. The van der Waals surface area contributed by atoms with Crippen LogP contribution in [0.5, 0.6) is 0 Å². The lowest BCUT2D eigenvalue weighted by molar-refractivity contribution is 0.0739. The minimum atomic E-state index is 0.00896. The molecule has 1 amide bonds. The fourth-order valence-electron chi connectivity index (χ4n) is 3.29. The van der Waals surface area contributed by atoms with E-state index >= 15 is 0 Å². The monoisotopic (exact) mass is 389 g/mol. The summed E-state index contributed by atoms with van der Waals surface area (Å²) < 4.78 is 2.83. The molecule has 2 aromatic heterocycles. The molecular weight excluding hydrogens is 370 g/mol. The van der Waals surface area contributed by atoms with Crippen molar-refractivity contribution in [3.8, 4) is 0 Å². The second-order valence-electron chi connectivity index (χ2n) is 6.63. The smallest absolute Gasteiger partial charge is 0.274 e. The van der Waals surface area contributed by atoms with Crippen LogP contribution in [-0.2, 0) is 7.05 Å². The maximum Gasteiger partial charge on any atom is 0.274 e. The molecule has 1 aromatic carbocycles. The molecule has 3 heterocycles. The zero-order valence-corrected chi connectivity index (χ0v) is 16.6. The van der Waals surface area contributed by atoms with Gasteiger partial charge in [0.2, 0.25) is 0 Å². The van der Waals surface area contributed by atoms with Crippen LogP contribution in [0.3, 0.4) is 0 Å². The second kappa shape index (κ2) is 6.55. The lowest BCUT2D eigenvalue weighted by atomic mass is 10.2. The van der Waals surface area contributed by atoms with Crippen LogP contribution in [0.2, 0.25) is 5.02 Å². The summed E-state index contributed by atoms with van der Waals surface area (Å²) in [6, 6.07) is 3.95. The van der Waals surface area contributed by atoms with Crippen molar-refractivity contribution in [2.24, 2.45) is 7.05 Å². The molecule has 0 spiro atoms. The van der Waals surface area contributed by atoms with Crippen molar-refractivity contribution in [1.29, 1.82) is 0 Å². The number of anilines is 1. The van der Waals surface area contributed by atoms with E-state index < -0.39 is 0 Å². The predicted octanol–water partition coefficient (Wildman–Crippen LogP) is 3.26. The molecule has 26 heavy (non-hydrogen) atoms. The Morgan fingerprint density at radius 1 is 1.19 bits per heavy atom. The third kappa shape index (κ3) is 2.95. The summed E-state index contributed by atoms with van der Waals surface area (Å²) in [4.78, 5) is 21.6. The third-order valence-corrected chi connectivity index (χ3v) is 6.28. The highest BCUT2D eigenvalue weighted by Crippen LogP contribution is 2.33. The largest absolute Gasteiger partial charge is 0.345 e. The number of thiazole rings is 1. The summed E-state index contributed by atoms with van der Waals surface area (Å²) in [5, 5.41) is 6.04. The molecule has 1 aliphatic rings. The SMILES string of the molecule is Cc1cn(C)nc1C(=O)N1CCN(c2nc3c(C)c(Cl)ccc3s2)CC1. The van der Waals surface area contributed by atoms with E-state index in [1.807, 2.05) is 44.1 Å². The number of amides is 1. The number of hydrogen-bond donors (Lipinski definition) is 0. The highest BCUT2D eigenvalue weighted by atomic mass is 35.5. The predicted molar refractivity (Wildman–Crippen MR) is 105 cm³/mol. The van der Waals surface area contributed by atoms with Crippen molar-refractivity contribution < 1.29 is 4.79 Å². The van der Waals surface area contributed by atoms with Crippen LogP contribution in [-0.4, -0.2) is 51.8 Å². The molecule has 0 radical (unpaired) electrons. The quantitative estimate of drug-likeness (QED) is 0.675. The van der Waals surface area contributed by atoms with E-state index in [0.717, 1.165) is 44.6 Å². The molecule has 0 saturated carbocycles. The minimum Gasteiger partial charge on any atom is -0.345 e. The van der Waals surface area contributed by atoms with E-state index in [0.29, 0.717) is 18.8 Å². The van der Waals surface area contributed by atoms with Gasteiger partial charge in [-0.3, -0.25) is 9.48 Å². The van der Waals surface area contributed by atoms with E-state index in [9.17, 15) is 4.79 Å². The maximum absolute atomic E-state index is 12.7. The Morgan fingerprint density at radius 2 is 1.92 bits per heavy atom. The lowest BCUT2D eigenvalue weighted by Gasteiger charge is -2.34. The van der Waals surface area contributed by atoms with Crippen molar-refractivity contribution in [2.75, 3.05) is 31.1 Å². The molecule has 1 saturated heterocycles. The van der Waals surface area contributed by atoms with E-state index in [-0.39, 0.29) is 5.91 Å². The number of aromatic nitrogens is 3. The standard InChI is InChI=1S/C18H20ClN5OS/c1-11-10-22(3)21-15(11)17(25)23-6-8-24(9-7-23)18-20-16-12(2)13(19)4-5-14(16)26-18/h4-5,10H,6-9H2,1-3H3. The second-order valence-corrected chi connectivity index (χ2v) is 8.05. The molecule has 4 rings (SSSR count). The summed E-state index contributed by atoms with van der Waals surface area (Å²) in [6.45, 7) is 6.80. The fraction of sp³-hybridized carbons (Fsp3) is 0.389. The number of halogens is 1. The Hall–Kier alpha value is -2.12. The van der Waals surface area contributed by atoms with Gasteiger partial charge in [0.1, 0.15) is 0 Å². The van der Waals surface area contributed by atoms with Gasteiger partial charge in [-0.1, -0.05) is 22.9 Å². The highest BCUT2D eigenvalue weighted by molar-refractivity contribution is 7.22. The van der Waals surface area contributed by atoms with Gasteiger partial charge in [-0.05, 0) is 31.5 Å². The van der Waals surface area contributed by atoms with Gasteiger partial charge in [-0.15, -0.1) is 0 Å². The Bertz CT molecular complexity index is 987. The van der Waals surface area contributed by atoms with E-state index in [1.54, 1.807) is 16.0 Å². The molecule has 8 heteroatoms. The summed E-state index contributed by atoms with van der Waals surface area (Å²) in [5.74, 6) is 0.00896. The van der Waals surface area contributed by atoms with E-state index in [4.69, 9.17) is 16.6 Å². The number of nitrogens with zero attached hydrogens (tertiary/aromatic N) is 5. The van der Waals surface area contributed by atoms with Gasteiger partial charge < -0.3 is 9.80 Å². The number of carbonyl (C=O) groups excluding carboxylic acids is 1. The zero-order chi connectivity index (χ0) is 18.4. The van der Waals surface area contributed by atoms with Crippen molar-refractivity contribution in [3.05, 3.63) is 40.2 Å². The fourth-order valence-corrected chi connectivity index (χ4v) is 4.52. The molecule has 1 fully saturated rings.